The second-order valence-electron chi connectivity index (χ2n) is 5.18. The first-order valence-electron chi connectivity index (χ1n) is 7.35. The third kappa shape index (κ3) is 5.24. The fraction of sp³-hybridized carbons (Fsp3) is 0.786. The number of aliphatic carboxylic acids is 1. The van der Waals surface area contributed by atoms with Gasteiger partial charge < -0.3 is 19.6 Å². The van der Waals surface area contributed by atoms with Gasteiger partial charge in [-0.1, -0.05) is 0 Å². The van der Waals surface area contributed by atoms with Gasteiger partial charge in [0, 0.05) is 18.6 Å². The van der Waals surface area contributed by atoms with Gasteiger partial charge in [0.05, 0.1) is 13.0 Å². The Balaban J connectivity index is 2.73. The summed E-state index contributed by atoms with van der Waals surface area (Å²) in [6.07, 6.45) is 1.63. The number of urea groups is 1. The van der Waals surface area contributed by atoms with E-state index in [4.69, 9.17) is 9.84 Å². The maximum Gasteiger partial charge on any atom is 0.325 e. The number of hydrogen-bond acceptors (Lipinski definition) is 4. The summed E-state index contributed by atoms with van der Waals surface area (Å²) < 4.78 is 4.89. The number of carboxylic acids is 1. The molecular formula is C14H24N2O5. The van der Waals surface area contributed by atoms with Crippen LogP contribution in [0.15, 0.2) is 0 Å². The molecule has 1 N–H and O–H groups in total. The molecule has 0 aromatic carbocycles. The second kappa shape index (κ2) is 7.85. The van der Waals surface area contributed by atoms with Gasteiger partial charge in [-0.05, 0) is 33.6 Å². The molecule has 1 rings (SSSR count). The molecule has 21 heavy (non-hydrogen) atoms. The summed E-state index contributed by atoms with van der Waals surface area (Å²) in [5, 5.41) is 8.86. The molecular weight excluding hydrogens is 276 g/mol. The first-order valence-corrected chi connectivity index (χ1v) is 7.35. The predicted molar refractivity (Wildman–Crippen MR) is 75.9 cm³/mol. The third-order valence-corrected chi connectivity index (χ3v) is 3.43. The van der Waals surface area contributed by atoms with E-state index in [0.29, 0.717) is 6.54 Å². The maximum absolute atomic E-state index is 12.6. The van der Waals surface area contributed by atoms with Crippen LogP contribution < -0.4 is 0 Å². The van der Waals surface area contributed by atoms with Crippen molar-refractivity contribution in [3.63, 3.8) is 0 Å². The van der Waals surface area contributed by atoms with Crippen molar-refractivity contribution in [2.45, 2.75) is 52.1 Å². The molecule has 0 aromatic heterocycles. The van der Waals surface area contributed by atoms with Crippen LogP contribution >= 0.6 is 0 Å². The van der Waals surface area contributed by atoms with Crippen molar-refractivity contribution in [1.82, 2.24) is 9.80 Å². The molecule has 7 heteroatoms. The number of nitrogens with zero attached hydrogens (tertiary/aromatic N) is 2. The van der Waals surface area contributed by atoms with Crippen molar-refractivity contribution in [1.29, 1.82) is 0 Å². The van der Waals surface area contributed by atoms with Crippen molar-refractivity contribution in [3.8, 4) is 0 Å². The number of carbonyl (C=O) groups is 3. The smallest absolute Gasteiger partial charge is 0.325 e. The molecule has 1 unspecified atom stereocenters. The zero-order valence-electron chi connectivity index (χ0n) is 12.9. The molecule has 0 spiro atoms. The van der Waals surface area contributed by atoms with Crippen LogP contribution in [-0.4, -0.2) is 64.7 Å². The number of rotatable bonds is 8. The summed E-state index contributed by atoms with van der Waals surface area (Å²) in [7, 11) is 0. The number of carbonyl (C=O) groups excluding carboxylic acids is 2. The molecule has 1 fully saturated rings. The first kappa shape index (κ1) is 17.3. The minimum Gasteiger partial charge on any atom is -0.481 e. The molecule has 0 heterocycles. The van der Waals surface area contributed by atoms with E-state index in [2.05, 4.69) is 0 Å². The van der Waals surface area contributed by atoms with Crippen molar-refractivity contribution < 1.29 is 24.2 Å². The molecule has 2 amide bonds. The van der Waals surface area contributed by atoms with Crippen molar-refractivity contribution in [2.75, 3.05) is 19.7 Å². The fourth-order valence-electron chi connectivity index (χ4n) is 2.25. The van der Waals surface area contributed by atoms with E-state index < -0.39 is 18.0 Å². The molecule has 1 atom stereocenters. The normalized spacial score (nSPS) is 15.2. The maximum atomic E-state index is 12.6. The Morgan fingerprint density at radius 3 is 2.33 bits per heavy atom. The van der Waals surface area contributed by atoms with E-state index in [-0.39, 0.29) is 31.6 Å². The van der Waals surface area contributed by atoms with Gasteiger partial charge in [-0.15, -0.1) is 0 Å². The highest BCUT2D eigenvalue weighted by molar-refractivity contribution is 5.82. The molecule has 7 nitrogen and oxygen atoms in total. The minimum atomic E-state index is -0.947. The largest absolute Gasteiger partial charge is 0.481 e. The highest BCUT2D eigenvalue weighted by atomic mass is 16.5. The Morgan fingerprint density at radius 2 is 1.90 bits per heavy atom. The minimum absolute atomic E-state index is 0.0629. The van der Waals surface area contributed by atoms with Crippen LogP contribution in [0.1, 0.15) is 40.0 Å². The Labute approximate surface area is 124 Å². The van der Waals surface area contributed by atoms with Gasteiger partial charge in [-0.3, -0.25) is 9.59 Å². The molecule has 0 saturated heterocycles. The van der Waals surface area contributed by atoms with Crippen LogP contribution in [0, 0.1) is 0 Å². The lowest BCUT2D eigenvalue weighted by Crippen LogP contribution is -2.50. The van der Waals surface area contributed by atoms with Gasteiger partial charge in [0.1, 0.15) is 6.54 Å². The van der Waals surface area contributed by atoms with Crippen molar-refractivity contribution in [3.05, 3.63) is 0 Å². The molecule has 0 aliphatic heterocycles. The lowest BCUT2D eigenvalue weighted by atomic mass is 10.2. The summed E-state index contributed by atoms with van der Waals surface area (Å²) in [6, 6.07) is -0.641. The van der Waals surface area contributed by atoms with E-state index in [9.17, 15) is 14.4 Å². The number of esters is 1. The van der Waals surface area contributed by atoms with Crippen molar-refractivity contribution >= 4 is 18.0 Å². The first-order chi connectivity index (χ1) is 9.90. The van der Waals surface area contributed by atoms with Crippen LogP contribution in [0.4, 0.5) is 4.79 Å². The van der Waals surface area contributed by atoms with Crippen LogP contribution in [-0.2, 0) is 14.3 Å². The second-order valence-corrected chi connectivity index (χ2v) is 5.18. The van der Waals surface area contributed by atoms with Gasteiger partial charge >= 0.3 is 18.0 Å². The average Bonchev–Trinajstić information content (AvgIpc) is 3.20. The molecule has 0 aromatic rings. The Bertz CT molecular complexity index is 395. The molecule has 1 aliphatic carbocycles. The average molecular weight is 300 g/mol. The number of amides is 2. The van der Waals surface area contributed by atoms with E-state index in [1.54, 1.807) is 20.8 Å². The zero-order chi connectivity index (χ0) is 16.0. The Hall–Kier alpha value is -1.79. The van der Waals surface area contributed by atoms with Gasteiger partial charge in [0.15, 0.2) is 0 Å². The summed E-state index contributed by atoms with van der Waals surface area (Å²) >= 11 is 0. The van der Waals surface area contributed by atoms with E-state index in [1.165, 1.54) is 9.80 Å². The van der Waals surface area contributed by atoms with Crippen LogP contribution in [0.25, 0.3) is 0 Å². The Kier molecular flexibility index (Phi) is 6.45. The number of carboxylic acid groups (broad SMARTS) is 1. The topological polar surface area (TPSA) is 87.2 Å². The van der Waals surface area contributed by atoms with Gasteiger partial charge in [-0.2, -0.15) is 0 Å². The van der Waals surface area contributed by atoms with Gasteiger partial charge in [0.2, 0.25) is 0 Å². The Morgan fingerprint density at radius 1 is 1.29 bits per heavy atom. The van der Waals surface area contributed by atoms with Crippen LogP contribution in [0.5, 0.6) is 0 Å². The SMILES string of the molecule is CCOC(=O)CN(C(=O)N(CC)C(C)CC(=O)O)C1CC1. The summed E-state index contributed by atoms with van der Waals surface area (Å²) in [5.74, 6) is -1.38. The molecule has 1 saturated carbocycles. The van der Waals surface area contributed by atoms with E-state index in [0.717, 1.165) is 12.8 Å². The van der Waals surface area contributed by atoms with Crippen molar-refractivity contribution in [2.24, 2.45) is 0 Å². The molecule has 1 aliphatic rings. The lowest BCUT2D eigenvalue weighted by Gasteiger charge is -2.33. The fourth-order valence-corrected chi connectivity index (χ4v) is 2.25. The number of ether oxygens (including phenoxy) is 1. The van der Waals surface area contributed by atoms with Gasteiger partial charge in [0.25, 0.3) is 0 Å². The van der Waals surface area contributed by atoms with E-state index >= 15 is 0 Å². The molecule has 120 valence electrons. The highest BCUT2D eigenvalue weighted by Gasteiger charge is 2.37. The highest BCUT2D eigenvalue weighted by Crippen LogP contribution is 2.28. The lowest BCUT2D eigenvalue weighted by molar-refractivity contribution is -0.144. The third-order valence-electron chi connectivity index (χ3n) is 3.43. The summed E-state index contributed by atoms with van der Waals surface area (Å²) in [6.45, 7) is 5.82. The molecule has 0 radical (unpaired) electrons. The van der Waals surface area contributed by atoms with Gasteiger partial charge in [-0.25, -0.2) is 4.79 Å². The van der Waals surface area contributed by atoms with Crippen LogP contribution in [0.2, 0.25) is 0 Å². The quantitative estimate of drug-likeness (QED) is 0.683. The monoisotopic (exact) mass is 300 g/mol. The predicted octanol–water partition coefficient (Wildman–Crippen LogP) is 1.32. The van der Waals surface area contributed by atoms with Crippen LogP contribution in [0.3, 0.4) is 0 Å². The summed E-state index contributed by atoms with van der Waals surface area (Å²) in [4.78, 5) is 38.0. The zero-order valence-corrected chi connectivity index (χ0v) is 12.9. The number of hydrogen-bond donors (Lipinski definition) is 1. The standard InChI is InChI=1S/C14H24N2O5/c1-4-15(10(3)8-12(17)18)14(20)16(11-6-7-11)9-13(19)21-5-2/h10-11H,4-9H2,1-3H3,(H,17,18). The van der Waals surface area contributed by atoms with E-state index in [1.807, 2.05) is 0 Å². The summed E-state index contributed by atoms with van der Waals surface area (Å²) in [5.41, 5.74) is 0. The molecule has 0 bridgehead atoms.